The Morgan fingerprint density at radius 1 is 0.527 bits per heavy atom. The first kappa shape index (κ1) is 39.8. The lowest BCUT2D eigenvalue weighted by molar-refractivity contribution is -0.359. The van der Waals surface area contributed by atoms with E-state index >= 15 is 0 Å². The van der Waals surface area contributed by atoms with E-state index in [1.54, 1.807) is 18.2 Å². The Kier molecular flexibility index (Phi) is 14.6. The van der Waals surface area contributed by atoms with Crippen LogP contribution in [0.25, 0.3) is 0 Å². The standard InChI is InChI=1S/C44H45F3N2O6/c45-44(46,47)43(49-37-19-11-4-12-20-37)55-42-40(53-31-36-17-9-3-10-18-36)38(51-29-34-13-5-1-6-14-34)39(52-30-35-15-7-2-8-16-35)41(54-42)50-28-26-33-23-21-32(22-24-33)25-27-48/h1-24,38-42H,25-31,48H2. The molecule has 6 rings (SSSR count). The predicted octanol–water partition coefficient (Wildman–Crippen LogP) is 8.49. The van der Waals surface area contributed by atoms with Gasteiger partial charge in [0.2, 0.25) is 6.29 Å². The molecule has 55 heavy (non-hydrogen) atoms. The molecule has 1 heterocycles. The number of aliphatic imine (C=N–C) groups is 1. The molecule has 1 aliphatic heterocycles. The van der Waals surface area contributed by atoms with Gasteiger partial charge in [0.15, 0.2) is 6.29 Å². The van der Waals surface area contributed by atoms with Gasteiger partial charge in [-0.25, -0.2) is 4.99 Å². The van der Waals surface area contributed by atoms with Crippen molar-refractivity contribution in [2.75, 3.05) is 13.2 Å². The van der Waals surface area contributed by atoms with Crippen LogP contribution in [0.15, 0.2) is 151 Å². The molecule has 1 fully saturated rings. The van der Waals surface area contributed by atoms with Crippen LogP contribution in [0.4, 0.5) is 18.9 Å². The van der Waals surface area contributed by atoms with Gasteiger partial charge < -0.3 is 34.2 Å². The van der Waals surface area contributed by atoms with Crippen molar-refractivity contribution in [1.29, 1.82) is 0 Å². The average molecular weight is 755 g/mol. The molecule has 1 aliphatic rings. The molecular formula is C44H45F3N2O6. The van der Waals surface area contributed by atoms with Crippen LogP contribution in [0.1, 0.15) is 27.8 Å². The first-order valence-corrected chi connectivity index (χ1v) is 18.2. The number of nitrogens with two attached hydrogens (primary N) is 1. The van der Waals surface area contributed by atoms with Gasteiger partial charge in [-0.15, -0.1) is 0 Å². The minimum atomic E-state index is -4.98. The highest BCUT2D eigenvalue weighted by molar-refractivity contribution is 5.84. The Morgan fingerprint density at radius 3 is 1.44 bits per heavy atom. The van der Waals surface area contributed by atoms with E-state index in [9.17, 15) is 13.2 Å². The van der Waals surface area contributed by atoms with E-state index in [1.165, 1.54) is 12.1 Å². The number of alkyl halides is 3. The molecule has 0 bridgehead atoms. The van der Waals surface area contributed by atoms with Crippen LogP contribution < -0.4 is 5.73 Å². The first-order chi connectivity index (χ1) is 26.9. The Bertz CT molecular complexity index is 1870. The average Bonchev–Trinajstić information content (AvgIpc) is 3.21. The minimum absolute atomic E-state index is 0.0220. The number of rotatable bonds is 17. The highest BCUT2D eigenvalue weighted by atomic mass is 19.4. The van der Waals surface area contributed by atoms with Crippen LogP contribution >= 0.6 is 0 Å². The lowest BCUT2D eigenvalue weighted by atomic mass is 10.0. The Hall–Kier alpha value is -4.88. The molecule has 5 unspecified atom stereocenters. The number of hydrogen-bond donors (Lipinski definition) is 1. The minimum Gasteiger partial charge on any atom is -0.441 e. The van der Waals surface area contributed by atoms with Gasteiger partial charge in [-0.05, 0) is 59.3 Å². The third kappa shape index (κ3) is 12.1. The molecule has 11 heteroatoms. The largest absolute Gasteiger partial charge is 0.468 e. The van der Waals surface area contributed by atoms with Crippen molar-refractivity contribution in [3.63, 3.8) is 0 Å². The maximum absolute atomic E-state index is 14.7. The molecule has 5 aromatic rings. The number of para-hydroxylation sites is 1. The second-order valence-electron chi connectivity index (χ2n) is 13.0. The third-order valence-corrected chi connectivity index (χ3v) is 8.89. The maximum atomic E-state index is 14.7. The van der Waals surface area contributed by atoms with Gasteiger partial charge >= 0.3 is 6.18 Å². The maximum Gasteiger partial charge on any atom is 0.468 e. The molecule has 0 saturated carbocycles. The van der Waals surface area contributed by atoms with Crippen molar-refractivity contribution in [2.24, 2.45) is 10.7 Å². The van der Waals surface area contributed by atoms with Crippen LogP contribution in [-0.4, -0.2) is 56.1 Å². The van der Waals surface area contributed by atoms with Crippen LogP contribution in [0.3, 0.4) is 0 Å². The highest BCUT2D eigenvalue weighted by Crippen LogP contribution is 2.34. The van der Waals surface area contributed by atoms with Crippen molar-refractivity contribution in [3.05, 3.63) is 173 Å². The molecule has 8 nitrogen and oxygen atoms in total. The molecule has 288 valence electrons. The van der Waals surface area contributed by atoms with Crippen LogP contribution in [-0.2, 0) is 61.1 Å². The molecule has 0 aliphatic carbocycles. The quantitative estimate of drug-likeness (QED) is 0.0752. The van der Waals surface area contributed by atoms with E-state index in [4.69, 9.17) is 34.2 Å². The summed E-state index contributed by atoms with van der Waals surface area (Å²) in [6.45, 7) is 0.965. The molecule has 0 spiro atoms. The van der Waals surface area contributed by atoms with E-state index in [1.807, 2.05) is 115 Å². The van der Waals surface area contributed by atoms with E-state index < -0.39 is 43.0 Å². The zero-order valence-corrected chi connectivity index (χ0v) is 30.3. The van der Waals surface area contributed by atoms with Gasteiger partial charge in [0.1, 0.15) is 18.3 Å². The summed E-state index contributed by atoms with van der Waals surface area (Å²) >= 11 is 0. The molecule has 2 N–H and O–H groups in total. The summed E-state index contributed by atoms with van der Waals surface area (Å²) in [5.74, 6) is -1.50. The second-order valence-corrected chi connectivity index (χ2v) is 13.0. The normalized spacial score (nSPS) is 20.3. The number of ether oxygens (including phenoxy) is 6. The third-order valence-electron chi connectivity index (χ3n) is 8.89. The van der Waals surface area contributed by atoms with Crippen LogP contribution in [0.5, 0.6) is 0 Å². The Labute approximate surface area is 319 Å². The fourth-order valence-corrected chi connectivity index (χ4v) is 6.07. The van der Waals surface area contributed by atoms with Crippen molar-refractivity contribution in [2.45, 2.75) is 69.7 Å². The molecule has 5 atom stereocenters. The SMILES string of the molecule is NCCc1ccc(CCOC2OC(OC(=Nc3ccccc3)C(F)(F)F)C(OCc3ccccc3)C(OCc3ccccc3)C2OCc2ccccc2)cc1. The molecule has 0 aromatic heterocycles. The first-order valence-electron chi connectivity index (χ1n) is 18.2. The summed E-state index contributed by atoms with van der Waals surface area (Å²) in [7, 11) is 0. The number of hydrogen-bond acceptors (Lipinski definition) is 8. The zero-order chi connectivity index (χ0) is 38.3. The topological polar surface area (TPSA) is 93.8 Å². The zero-order valence-electron chi connectivity index (χ0n) is 30.3. The summed E-state index contributed by atoms with van der Waals surface area (Å²) in [5, 5.41) is 0. The summed E-state index contributed by atoms with van der Waals surface area (Å²) in [6.07, 6.45) is -9.85. The summed E-state index contributed by atoms with van der Waals surface area (Å²) in [4.78, 5) is 3.85. The van der Waals surface area contributed by atoms with E-state index in [0.717, 1.165) is 34.2 Å². The van der Waals surface area contributed by atoms with Gasteiger partial charge in [-0.2, -0.15) is 13.2 Å². The van der Waals surface area contributed by atoms with Crippen LogP contribution in [0.2, 0.25) is 0 Å². The summed E-state index contributed by atoms with van der Waals surface area (Å²) < 4.78 is 82.2. The van der Waals surface area contributed by atoms with Gasteiger partial charge in [0.05, 0.1) is 32.1 Å². The van der Waals surface area contributed by atoms with Gasteiger partial charge in [0.25, 0.3) is 5.90 Å². The second kappa shape index (κ2) is 20.2. The number of halogens is 3. The molecule has 0 amide bonds. The van der Waals surface area contributed by atoms with Crippen molar-refractivity contribution in [1.82, 2.24) is 0 Å². The number of nitrogens with zero attached hydrogens (tertiary/aromatic N) is 1. The summed E-state index contributed by atoms with van der Waals surface area (Å²) in [5.41, 5.74) is 10.4. The smallest absolute Gasteiger partial charge is 0.441 e. The van der Waals surface area contributed by atoms with Crippen LogP contribution in [0, 0.1) is 0 Å². The van der Waals surface area contributed by atoms with E-state index in [2.05, 4.69) is 4.99 Å². The Balaban J connectivity index is 1.35. The molecule has 0 radical (unpaired) electrons. The summed E-state index contributed by atoms with van der Waals surface area (Å²) in [6, 6.07) is 44.0. The fraction of sp³-hybridized carbons (Fsp3) is 0.295. The van der Waals surface area contributed by atoms with E-state index in [-0.39, 0.29) is 32.1 Å². The fourth-order valence-electron chi connectivity index (χ4n) is 6.07. The van der Waals surface area contributed by atoms with Gasteiger partial charge in [-0.1, -0.05) is 133 Å². The van der Waals surface area contributed by atoms with Crippen molar-refractivity contribution >= 4 is 11.6 Å². The lowest BCUT2D eigenvalue weighted by Gasteiger charge is -2.45. The van der Waals surface area contributed by atoms with Crippen molar-refractivity contribution < 1.29 is 41.6 Å². The molecular weight excluding hydrogens is 709 g/mol. The molecule has 1 saturated heterocycles. The highest BCUT2D eigenvalue weighted by Gasteiger charge is 2.52. The van der Waals surface area contributed by atoms with Crippen molar-refractivity contribution in [3.8, 4) is 0 Å². The predicted molar refractivity (Wildman–Crippen MR) is 203 cm³/mol. The number of benzene rings is 5. The lowest BCUT2D eigenvalue weighted by Crippen LogP contribution is -2.62. The van der Waals surface area contributed by atoms with Gasteiger partial charge in [-0.3, -0.25) is 0 Å². The molecule has 5 aromatic carbocycles. The Morgan fingerprint density at radius 2 is 0.964 bits per heavy atom. The monoisotopic (exact) mass is 754 g/mol. The van der Waals surface area contributed by atoms with Gasteiger partial charge in [0, 0.05) is 0 Å². The van der Waals surface area contributed by atoms with E-state index in [0.29, 0.717) is 13.0 Å².